The fourth-order valence-electron chi connectivity index (χ4n) is 2.14. The third-order valence-corrected chi connectivity index (χ3v) is 4.31. The highest BCUT2D eigenvalue weighted by molar-refractivity contribution is 7.18. The molecule has 6 heteroatoms. The van der Waals surface area contributed by atoms with Crippen LogP contribution in [-0.4, -0.2) is 18.2 Å². The van der Waals surface area contributed by atoms with Gasteiger partial charge < -0.3 is 9.47 Å². The van der Waals surface area contributed by atoms with E-state index in [9.17, 15) is 4.79 Å². The Morgan fingerprint density at radius 2 is 2.00 bits per heavy atom. The Balaban J connectivity index is 1.65. The molecular formula is C17H16N2O3S. The maximum atomic E-state index is 11.1. The highest BCUT2D eigenvalue weighted by Crippen LogP contribution is 2.25. The lowest BCUT2D eigenvalue weighted by Gasteiger charge is -2.06. The van der Waals surface area contributed by atoms with E-state index in [4.69, 9.17) is 4.74 Å². The van der Waals surface area contributed by atoms with Crippen molar-refractivity contribution in [1.82, 2.24) is 4.98 Å². The Bertz CT molecular complexity index is 827. The lowest BCUT2D eigenvalue weighted by molar-refractivity contribution is 0.187. The molecule has 0 bridgehead atoms. The second-order valence-corrected chi connectivity index (χ2v) is 6.07. The topological polar surface area (TPSA) is 60.5 Å². The molecule has 0 aliphatic carbocycles. The van der Waals surface area contributed by atoms with Crippen LogP contribution in [0.3, 0.4) is 0 Å². The summed E-state index contributed by atoms with van der Waals surface area (Å²) in [5.41, 5.74) is 2.86. The van der Waals surface area contributed by atoms with Crippen LogP contribution in [0.5, 0.6) is 5.75 Å². The quantitative estimate of drug-likeness (QED) is 0.773. The summed E-state index contributed by atoms with van der Waals surface area (Å²) in [6.07, 6.45) is -0.497. The van der Waals surface area contributed by atoms with Crippen LogP contribution in [0.25, 0.3) is 10.2 Å². The number of amides is 1. The first-order chi connectivity index (χ1) is 11.2. The van der Waals surface area contributed by atoms with Crippen LogP contribution in [0, 0.1) is 6.92 Å². The summed E-state index contributed by atoms with van der Waals surface area (Å²) in [5, 5.41) is 3.53. The summed E-state index contributed by atoms with van der Waals surface area (Å²) in [7, 11) is 1.33. The molecule has 0 unspecified atom stereocenters. The molecular weight excluding hydrogens is 312 g/mol. The Labute approximate surface area is 137 Å². The number of rotatable bonds is 4. The lowest BCUT2D eigenvalue weighted by Crippen LogP contribution is -2.10. The maximum Gasteiger partial charge on any atom is 0.411 e. The number of thiazole rings is 1. The van der Waals surface area contributed by atoms with Gasteiger partial charge in [0.05, 0.1) is 17.3 Å². The van der Waals surface area contributed by atoms with Crippen LogP contribution >= 0.6 is 11.3 Å². The van der Waals surface area contributed by atoms with Crippen molar-refractivity contribution in [1.29, 1.82) is 0 Å². The highest BCUT2D eigenvalue weighted by atomic mass is 32.1. The number of anilines is 1. The van der Waals surface area contributed by atoms with Gasteiger partial charge in [-0.2, -0.15) is 0 Å². The van der Waals surface area contributed by atoms with Gasteiger partial charge in [0, 0.05) is 5.69 Å². The zero-order valence-corrected chi connectivity index (χ0v) is 13.6. The number of hydrogen-bond donors (Lipinski definition) is 1. The summed E-state index contributed by atoms with van der Waals surface area (Å²) in [5.74, 6) is 0.719. The first kappa shape index (κ1) is 15.3. The van der Waals surface area contributed by atoms with E-state index in [1.165, 1.54) is 17.4 Å². The average molecular weight is 328 g/mol. The summed E-state index contributed by atoms with van der Waals surface area (Å²) in [4.78, 5) is 15.7. The van der Waals surface area contributed by atoms with Crippen molar-refractivity contribution in [2.24, 2.45) is 0 Å². The molecule has 0 saturated carbocycles. The molecule has 1 heterocycles. The molecule has 5 nitrogen and oxygen atoms in total. The number of hydrogen-bond acceptors (Lipinski definition) is 5. The Morgan fingerprint density at radius 1 is 1.22 bits per heavy atom. The summed E-state index contributed by atoms with van der Waals surface area (Å²) >= 11 is 1.64. The fraction of sp³-hybridized carbons (Fsp3) is 0.176. The number of ether oxygens (including phenoxy) is 2. The smallest absolute Gasteiger partial charge is 0.411 e. The minimum atomic E-state index is -0.497. The van der Waals surface area contributed by atoms with Crippen LogP contribution in [0.4, 0.5) is 10.5 Å². The average Bonchev–Trinajstić information content (AvgIpc) is 2.99. The van der Waals surface area contributed by atoms with Crippen molar-refractivity contribution in [3.8, 4) is 5.75 Å². The van der Waals surface area contributed by atoms with Crippen molar-refractivity contribution in [2.75, 3.05) is 12.4 Å². The van der Waals surface area contributed by atoms with Crippen molar-refractivity contribution in [2.45, 2.75) is 13.5 Å². The van der Waals surface area contributed by atoms with Gasteiger partial charge >= 0.3 is 6.09 Å². The zero-order valence-electron chi connectivity index (χ0n) is 12.8. The third-order valence-electron chi connectivity index (χ3n) is 3.31. The van der Waals surface area contributed by atoms with E-state index in [0.717, 1.165) is 16.3 Å². The highest BCUT2D eigenvalue weighted by Gasteiger charge is 2.07. The molecule has 0 aliphatic rings. The van der Waals surface area contributed by atoms with Gasteiger partial charge in [-0.25, -0.2) is 9.78 Å². The summed E-state index contributed by atoms with van der Waals surface area (Å²) in [6.45, 7) is 2.47. The van der Waals surface area contributed by atoms with Crippen LogP contribution in [0.2, 0.25) is 0 Å². The van der Waals surface area contributed by atoms with Crippen molar-refractivity contribution >= 4 is 33.3 Å². The van der Waals surface area contributed by atoms with Gasteiger partial charge in [-0.3, -0.25) is 5.32 Å². The molecule has 0 spiro atoms. The maximum absolute atomic E-state index is 11.1. The van der Waals surface area contributed by atoms with E-state index in [-0.39, 0.29) is 0 Å². The molecule has 0 radical (unpaired) electrons. The van der Waals surface area contributed by atoms with Crippen molar-refractivity contribution in [3.05, 3.63) is 53.0 Å². The minimum Gasteiger partial charge on any atom is -0.486 e. The molecule has 118 valence electrons. The summed E-state index contributed by atoms with van der Waals surface area (Å²) in [6, 6.07) is 13.3. The van der Waals surface area contributed by atoms with Crippen LogP contribution in [-0.2, 0) is 11.3 Å². The number of para-hydroxylation sites is 1. The molecule has 2 aromatic carbocycles. The third kappa shape index (κ3) is 3.60. The minimum absolute atomic E-state index is 0.419. The Morgan fingerprint density at radius 3 is 2.70 bits per heavy atom. The number of carbonyl (C=O) groups excluding carboxylic acids is 1. The van der Waals surface area contributed by atoms with Gasteiger partial charge in [-0.15, -0.1) is 11.3 Å². The fourth-order valence-corrected chi connectivity index (χ4v) is 3.10. The van der Waals surface area contributed by atoms with E-state index in [1.54, 1.807) is 35.6 Å². The van der Waals surface area contributed by atoms with Crippen LogP contribution < -0.4 is 10.1 Å². The number of methoxy groups -OCH3 is 1. The van der Waals surface area contributed by atoms with Crippen molar-refractivity contribution < 1.29 is 14.3 Å². The van der Waals surface area contributed by atoms with Gasteiger partial charge in [-0.1, -0.05) is 12.1 Å². The largest absolute Gasteiger partial charge is 0.486 e. The molecule has 3 rings (SSSR count). The second kappa shape index (κ2) is 6.66. The van der Waals surface area contributed by atoms with Crippen LogP contribution in [0.15, 0.2) is 42.5 Å². The Kier molecular flexibility index (Phi) is 4.43. The molecule has 0 atom stereocenters. The molecule has 0 fully saturated rings. The number of carbonyl (C=O) groups is 1. The van der Waals surface area contributed by atoms with Gasteiger partial charge in [0.15, 0.2) is 0 Å². The normalized spacial score (nSPS) is 10.5. The standard InChI is InChI=1S/C17H16N2O3S/c1-11-4-3-5-14-16(11)19-15(23-14)10-22-13-8-6-12(7-9-13)18-17(20)21-2/h3-9H,10H2,1-2H3,(H,18,20). The molecule has 3 aromatic rings. The van der Waals surface area contributed by atoms with Gasteiger partial charge in [0.25, 0.3) is 0 Å². The first-order valence-electron chi connectivity index (χ1n) is 7.08. The number of benzene rings is 2. The molecule has 0 saturated heterocycles. The monoisotopic (exact) mass is 328 g/mol. The zero-order chi connectivity index (χ0) is 16.2. The molecule has 1 amide bonds. The van der Waals surface area contributed by atoms with Gasteiger partial charge in [0.2, 0.25) is 0 Å². The second-order valence-electron chi connectivity index (χ2n) is 4.96. The SMILES string of the molecule is COC(=O)Nc1ccc(OCc2nc3c(C)cccc3s2)cc1. The molecule has 1 N–H and O–H groups in total. The number of nitrogens with one attached hydrogen (secondary N) is 1. The number of fused-ring (bicyclic) bond motifs is 1. The molecule has 1 aromatic heterocycles. The van der Waals surface area contributed by atoms with E-state index in [1.807, 2.05) is 6.07 Å². The lowest BCUT2D eigenvalue weighted by atomic mass is 10.2. The van der Waals surface area contributed by atoms with E-state index in [0.29, 0.717) is 12.3 Å². The molecule has 0 aliphatic heterocycles. The van der Waals surface area contributed by atoms with Gasteiger partial charge in [-0.05, 0) is 42.8 Å². The van der Waals surface area contributed by atoms with Crippen LogP contribution in [0.1, 0.15) is 10.6 Å². The number of nitrogens with zero attached hydrogens (tertiary/aromatic N) is 1. The Hall–Kier alpha value is -2.60. The number of aryl methyl sites for hydroxylation is 1. The first-order valence-corrected chi connectivity index (χ1v) is 7.90. The number of aromatic nitrogens is 1. The van der Waals surface area contributed by atoms with E-state index >= 15 is 0 Å². The predicted octanol–water partition coefficient (Wildman–Crippen LogP) is 4.36. The summed E-state index contributed by atoms with van der Waals surface area (Å²) < 4.78 is 11.5. The van der Waals surface area contributed by atoms with Crippen molar-refractivity contribution in [3.63, 3.8) is 0 Å². The molecule has 23 heavy (non-hydrogen) atoms. The van der Waals surface area contributed by atoms with Gasteiger partial charge in [0.1, 0.15) is 17.4 Å². The van der Waals surface area contributed by atoms with E-state index in [2.05, 4.69) is 34.1 Å². The van der Waals surface area contributed by atoms with E-state index < -0.39 is 6.09 Å². The predicted molar refractivity (Wildman–Crippen MR) is 91.2 cm³/mol.